The van der Waals surface area contributed by atoms with Crippen LogP contribution < -0.4 is 11.5 Å². The number of nitrogens with zero attached hydrogens (tertiary/aromatic N) is 3. The molecule has 0 atom stereocenters. The predicted molar refractivity (Wildman–Crippen MR) is 56.7 cm³/mol. The molecule has 2 heterocycles. The summed E-state index contributed by atoms with van der Waals surface area (Å²) >= 11 is 1.51. The van der Waals surface area contributed by atoms with E-state index in [1.807, 2.05) is 12.3 Å². The van der Waals surface area contributed by atoms with Gasteiger partial charge in [0.2, 0.25) is 5.95 Å². The Bertz CT molecular complexity index is 465. The molecule has 5 nitrogen and oxygen atoms in total. The Hall–Kier alpha value is -1.69. The molecule has 0 aromatic carbocycles. The number of rotatable bonds is 1. The smallest absolute Gasteiger partial charge is 0.221 e. The third-order valence-corrected chi connectivity index (χ3v) is 2.68. The highest BCUT2D eigenvalue weighted by atomic mass is 32.1. The average molecular weight is 207 g/mol. The van der Waals surface area contributed by atoms with Crippen molar-refractivity contribution in [1.82, 2.24) is 15.0 Å². The second-order valence-electron chi connectivity index (χ2n) is 2.82. The van der Waals surface area contributed by atoms with Crippen molar-refractivity contribution in [1.29, 1.82) is 0 Å². The summed E-state index contributed by atoms with van der Waals surface area (Å²) in [7, 11) is 0. The van der Waals surface area contributed by atoms with Gasteiger partial charge in [-0.25, -0.2) is 9.97 Å². The van der Waals surface area contributed by atoms with Crippen LogP contribution in [0, 0.1) is 6.92 Å². The molecule has 72 valence electrons. The van der Waals surface area contributed by atoms with Crippen molar-refractivity contribution in [3.63, 3.8) is 0 Å². The second-order valence-corrected chi connectivity index (χ2v) is 3.68. The molecule has 0 aliphatic heterocycles. The molecule has 0 fully saturated rings. The molecule has 0 bridgehead atoms. The van der Waals surface area contributed by atoms with Crippen molar-refractivity contribution in [2.45, 2.75) is 6.92 Å². The summed E-state index contributed by atoms with van der Waals surface area (Å²) in [5.41, 5.74) is 12.8. The van der Waals surface area contributed by atoms with Crippen LogP contribution >= 0.6 is 11.3 Å². The summed E-state index contributed by atoms with van der Waals surface area (Å²) in [4.78, 5) is 12.0. The third-order valence-electron chi connectivity index (χ3n) is 1.69. The Kier molecular flexibility index (Phi) is 2.05. The quantitative estimate of drug-likeness (QED) is 0.730. The van der Waals surface area contributed by atoms with Gasteiger partial charge in [0.25, 0.3) is 0 Å². The normalized spacial score (nSPS) is 10.4. The lowest BCUT2D eigenvalue weighted by Crippen LogP contribution is -2.00. The average Bonchev–Trinajstić information content (AvgIpc) is 2.51. The van der Waals surface area contributed by atoms with Crippen LogP contribution in [-0.4, -0.2) is 15.0 Å². The van der Waals surface area contributed by atoms with Crippen LogP contribution in [0.5, 0.6) is 0 Å². The van der Waals surface area contributed by atoms with Gasteiger partial charge in [-0.2, -0.15) is 4.98 Å². The van der Waals surface area contributed by atoms with Gasteiger partial charge in [-0.1, -0.05) is 0 Å². The molecule has 0 aliphatic rings. The van der Waals surface area contributed by atoms with E-state index in [9.17, 15) is 0 Å². The molecule has 2 aromatic heterocycles. The van der Waals surface area contributed by atoms with Crippen LogP contribution in [0.15, 0.2) is 11.6 Å². The molecule has 2 rings (SSSR count). The van der Waals surface area contributed by atoms with E-state index < -0.39 is 0 Å². The lowest BCUT2D eigenvalue weighted by Gasteiger charge is -2.00. The van der Waals surface area contributed by atoms with Crippen LogP contribution in [0.4, 0.5) is 11.8 Å². The number of nitrogens with two attached hydrogens (primary N) is 2. The van der Waals surface area contributed by atoms with Crippen LogP contribution in [0.2, 0.25) is 0 Å². The Morgan fingerprint density at radius 3 is 2.64 bits per heavy atom. The van der Waals surface area contributed by atoms with Crippen LogP contribution in [-0.2, 0) is 0 Å². The lowest BCUT2D eigenvalue weighted by atomic mass is 10.3. The minimum Gasteiger partial charge on any atom is -0.383 e. The van der Waals surface area contributed by atoms with Gasteiger partial charge >= 0.3 is 0 Å². The summed E-state index contributed by atoms with van der Waals surface area (Å²) in [6.45, 7) is 1.92. The largest absolute Gasteiger partial charge is 0.383 e. The number of hydrogen-bond donors (Lipinski definition) is 2. The Morgan fingerprint density at radius 2 is 2.07 bits per heavy atom. The maximum atomic E-state index is 5.70. The molecule has 0 amide bonds. The Labute approximate surface area is 84.8 Å². The second kappa shape index (κ2) is 3.22. The minimum atomic E-state index is 0.180. The van der Waals surface area contributed by atoms with Gasteiger partial charge in [0.05, 0.1) is 5.56 Å². The zero-order chi connectivity index (χ0) is 10.1. The first-order chi connectivity index (χ1) is 6.66. The topological polar surface area (TPSA) is 90.7 Å². The van der Waals surface area contributed by atoms with E-state index >= 15 is 0 Å². The maximum absolute atomic E-state index is 5.70. The Balaban J connectivity index is 2.52. The number of nitrogen functional groups attached to an aromatic ring is 2. The summed E-state index contributed by atoms with van der Waals surface area (Å²) in [6.07, 6.45) is 1.59. The number of aromatic nitrogens is 3. The number of thiazole rings is 1. The van der Waals surface area contributed by atoms with E-state index in [1.54, 1.807) is 6.20 Å². The minimum absolute atomic E-state index is 0.180. The molecule has 6 heteroatoms. The van der Waals surface area contributed by atoms with Crippen molar-refractivity contribution in [2.75, 3.05) is 11.5 Å². The van der Waals surface area contributed by atoms with E-state index in [0.29, 0.717) is 5.82 Å². The van der Waals surface area contributed by atoms with E-state index in [0.717, 1.165) is 16.3 Å². The van der Waals surface area contributed by atoms with Gasteiger partial charge in [-0.15, -0.1) is 11.3 Å². The van der Waals surface area contributed by atoms with Gasteiger partial charge in [-0.3, -0.25) is 0 Å². The summed E-state index contributed by atoms with van der Waals surface area (Å²) < 4.78 is 0. The molecular weight excluding hydrogens is 198 g/mol. The van der Waals surface area contributed by atoms with Gasteiger partial charge in [-0.05, 0) is 6.92 Å². The zero-order valence-electron chi connectivity index (χ0n) is 7.56. The fourth-order valence-electron chi connectivity index (χ4n) is 1.05. The van der Waals surface area contributed by atoms with E-state index in [4.69, 9.17) is 11.5 Å². The first-order valence-electron chi connectivity index (χ1n) is 3.97. The molecule has 0 unspecified atom stereocenters. The summed E-state index contributed by atoms with van der Waals surface area (Å²) in [5, 5.41) is 2.77. The van der Waals surface area contributed by atoms with Gasteiger partial charge in [0.15, 0.2) is 0 Å². The zero-order valence-corrected chi connectivity index (χ0v) is 8.38. The lowest BCUT2D eigenvalue weighted by molar-refractivity contribution is 1.18. The van der Waals surface area contributed by atoms with E-state index in [1.165, 1.54) is 11.3 Å². The highest BCUT2D eigenvalue weighted by Crippen LogP contribution is 2.26. The first-order valence-corrected chi connectivity index (χ1v) is 4.85. The van der Waals surface area contributed by atoms with Crippen molar-refractivity contribution in [2.24, 2.45) is 0 Å². The number of anilines is 2. The third kappa shape index (κ3) is 1.51. The van der Waals surface area contributed by atoms with Crippen molar-refractivity contribution in [3.8, 4) is 10.6 Å². The number of hydrogen-bond acceptors (Lipinski definition) is 6. The molecule has 0 saturated carbocycles. The molecule has 0 aliphatic carbocycles. The number of aryl methyl sites for hydroxylation is 1. The van der Waals surface area contributed by atoms with Crippen molar-refractivity contribution in [3.05, 3.63) is 17.3 Å². The van der Waals surface area contributed by atoms with Crippen LogP contribution in [0.25, 0.3) is 10.6 Å². The highest BCUT2D eigenvalue weighted by molar-refractivity contribution is 7.13. The standard InChI is InChI=1S/C8H9N5S/c1-4-3-14-7(12-4)5-2-11-8(10)13-6(5)9/h2-3H,1H3,(H4,9,10,11,13). The van der Waals surface area contributed by atoms with Crippen LogP contribution in [0.1, 0.15) is 5.69 Å². The molecule has 0 saturated heterocycles. The fraction of sp³-hybridized carbons (Fsp3) is 0.125. The molecule has 0 radical (unpaired) electrons. The predicted octanol–water partition coefficient (Wildman–Crippen LogP) is 1.07. The molecular formula is C8H9N5S. The molecule has 14 heavy (non-hydrogen) atoms. The SMILES string of the molecule is Cc1csc(-c2cnc(N)nc2N)n1. The molecule has 0 spiro atoms. The summed E-state index contributed by atoms with van der Waals surface area (Å²) in [5.74, 6) is 0.548. The van der Waals surface area contributed by atoms with Crippen molar-refractivity contribution < 1.29 is 0 Å². The fourth-order valence-corrected chi connectivity index (χ4v) is 1.87. The van der Waals surface area contributed by atoms with Gasteiger partial charge in [0.1, 0.15) is 10.8 Å². The van der Waals surface area contributed by atoms with Gasteiger partial charge in [0, 0.05) is 17.3 Å². The molecule has 2 aromatic rings. The Morgan fingerprint density at radius 1 is 1.29 bits per heavy atom. The monoisotopic (exact) mass is 207 g/mol. The molecule has 4 N–H and O–H groups in total. The van der Waals surface area contributed by atoms with Gasteiger partial charge < -0.3 is 11.5 Å². The first kappa shape index (κ1) is 8.89. The van der Waals surface area contributed by atoms with Crippen LogP contribution in [0.3, 0.4) is 0 Å². The summed E-state index contributed by atoms with van der Waals surface area (Å²) in [6, 6.07) is 0. The van der Waals surface area contributed by atoms with Crippen molar-refractivity contribution >= 4 is 23.1 Å². The highest BCUT2D eigenvalue weighted by Gasteiger charge is 2.08. The van der Waals surface area contributed by atoms with E-state index in [-0.39, 0.29) is 5.95 Å². The maximum Gasteiger partial charge on any atom is 0.221 e. The van der Waals surface area contributed by atoms with E-state index in [2.05, 4.69) is 15.0 Å².